The van der Waals surface area contributed by atoms with E-state index in [9.17, 15) is 4.79 Å². The van der Waals surface area contributed by atoms with Gasteiger partial charge >= 0.3 is 6.09 Å². The van der Waals surface area contributed by atoms with Gasteiger partial charge in [0.1, 0.15) is 5.60 Å². The van der Waals surface area contributed by atoms with E-state index in [1.807, 2.05) is 32.9 Å². The van der Waals surface area contributed by atoms with Crippen LogP contribution >= 0.6 is 0 Å². The summed E-state index contributed by atoms with van der Waals surface area (Å²) in [5.74, 6) is 0. The molecule has 0 bridgehead atoms. The van der Waals surface area contributed by atoms with Crippen molar-refractivity contribution in [2.24, 2.45) is 0 Å². The van der Waals surface area contributed by atoms with Crippen molar-refractivity contribution < 1.29 is 9.53 Å². The molecule has 0 aliphatic heterocycles. The maximum atomic E-state index is 11.3. The van der Waals surface area contributed by atoms with Crippen LogP contribution in [-0.2, 0) is 4.74 Å². The van der Waals surface area contributed by atoms with Crippen LogP contribution in [0, 0.1) is 0 Å². The summed E-state index contributed by atoms with van der Waals surface area (Å²) in [7, 11) is 0. The van der Waals surface area contributed by atoms with E-state index in [1.165, 1.54) is 0 Å². The molecule has 5 nitrogen and oxygen atoms in total. The third-order valence-electron chi connectivity index (χ3n) is 1.80. The predicted octanol–water partition coefficient (Wildman–Crippen LogP) is 2.02. The Morgan fingerprint density at radius 2 is 1.94 bits per heavy atom. The highest BCUT2D eigenvalue weighted by molar-refractivity contribution is 5.67. The minimum absolute atomic E-state index is 0.394. The summed E-state index contributed by atoms with van der Waals surface area (Å²) in [6.45, 7) is 6.66. The van der Waals surface area contributed by atoms with Crippen molar-refractivity contribution in [3.8, 4) is 0 Å². The number of alkyl carbamates (subject to hydrolysis) is 1. The second-order valence-electron chi connectivity index (χ2n) is 4.59. The largest absolute Gasteiger partial charge is 0.444 e. The van der Waals surface area contributed by atoms with Crippen molar-refractivity contribution in [1.82, 2.24) is 10.3 Å². The standard InChI is InChI=1S/C12H19N3O2/c1-12(2,3)17-11(16)15-9-8-14-10-4-6-13-7-5-10/h4-7H,8-9H2,1-3H3,(H,13,14)(H,15,16). The molecular weight excluding hydrogens is 218 g/mol. The summed E-state index contributed by atoms with van der Waals surface area (Å²) in [5, 5.41) is 5.82. The summed E-state index contributed by atoms with van der Waals surface area (Å²) < 4.78 is 5.10. The number of pyridine rings is 1. The lowest BCUT2D eigenvalue weighted by Gasteiger charge is -2.19. The minimum Gasteiger partial charge on any atom is -0.444 e. The fraction of sp³-hybridized carbons (Fsp3) is 0.500. The molecule has 0 saturated carbocycles. The first-order chi connectivity index (χ1) is 7.97. The van der Waals surface area contributed by atoms with Crippen molar-refractivity contribution >= 4 is 11.8 Å². The number of amides is 1. The number of hydrogen-bond acceptors (Lipinski definition) is 4. The van der Waals surface area contributed by atoms with Crippen LogP contribution < -0.4 is 10.6 Å². The maximum Gasteiger partial charge on any atom is 0.407 e. The first-order valence-electron chi connectivity index (χ1n) is 5.58. The lowest BCUT2D eigenvalue weighted by atomic mass is 10.2. The van der Waals surface area contributed by atoms with Crippen molar-refractivity contribution in [1.29, 1.82) is 0 Å². The number of carbonyl (C=O) groups is 1. The molecule has 0 saturated heterocycles. The summed E-state index contributed by atoms with van der Waals surface area (Å²) in [5.41, 5.74) is 0.522. The van der Waals surface area contributed by atoms with E-state index in [1.54, 1.807) is 12.4 Å². The Morgan fingerprint density at radius 3 is 2.53 bits per heavy atom. The zero-order valence-electron chi connectivity index (χ0n) is 10.5. The van der Waals surface area contributed by atoms with Gasteiger partial charge in [-0.2, -0.15) is 0 Å². The highest BCUT2D eigenvalue weighted by Crippen LogP contribution is 2.06. The number of rotatable bonds is 4. The Kier molecular flexibility index (Phi) is 4.75. The highest BCUT2D eigenvalue weighted by atomic mass is 16.6. The van der Waals surface area contributed by atoms with Gasteiger partial charge in [-0.1, -0.05) is 0 Å². The Morgan fingerprint density at radius 1 is 1.29 bits per heavy atom. The second-order valence-corrected chi connectivity index (χ2v) is 4.59. The molecule has 1 rings (SSSR count). The monoisotopic (exact) mass is 237 g/mol. The zero-order chi connectivity index (χ0) is 12.7. The Labute approximate surface area is 102 Å². The summed E-state index contributed by atoms with van der Waals surface area (Å²) in [6.07, 6.45) is 3.03. The summed E-state index contributed by atoms with van der Waals surface area (Å²) >= 11 is 0. The molecule has 0 aromatic carbocycles. The lowest BCUT2D eigenvalue weighted by Crippen LogP contribution is -2.34. The molecule has 1 aromatic heterocycles. The van der Waals surface area contributed by atoms with E-state index in [4.69, 9.17) is 4.74 Å². The van der Waals surface area contributed by atoms with Gasteiger partial charge in [-0.05, 0) is 32.9 Å². The second kappa shape index (κ2) is 6.08. The first-order valence-corrected chi connectivity index (χ1v) is 5.58. The van der Waals surface area contributed by atoms with Gasteiger partial charge in [0.15, 0.2) is 0 Å². The molecule has 0 radical (unpaired) electrons. The van der Waals surface area contributed by atoms with Gasteiger partial charge in [0.05, 0.1) is 0 Å². The van der Waals surface area contributed by atoms with Crippen molar-refractivity contribution in [2.75, 3.05) is 18.4 Å². The lowest BCUT2D eigenvalue weighted by molar-refractivity contribution is 0.0530. The molecule has 2 N–H and O–H groups in total. The van der Waals surface area contributed by atoms with Crippen LogP contribution in [0.3, 0.4) is 0 Å². The molecule has 94 valence electrons. The van der Waals surface area contributed by atoms with Crippen LogP contribution in [0.15, 0.2) is 24.5 Å². The normalized spacial score (nSPS) is 10.8. The first kappa shape index (κ1) is 13.3. The van der Waals surface area contributed by atoms with Gasteiger partial charge in [-0.15, -0.1) is 0 Å². The smallest absolute Gasteiger partial charge is 0.407 e. The van der Waals surface area contributed by atoms with Gasteiger partial charge in [0.25, 0.3) is 0 Å². The molecular formula is C12H19N3O2. The quantitative estimate of drug-likeness (QED) is 0.786. The summed E-state index contributed by atoms with van der Waals surface area (Å²) in [6, 6.07) is 3.74. The van der Waals surface area contributed by atoms with Gasteiger partial charge in [0, 0.05) is 31.2 Å². The van der Waals surface area contributed by atoms with E-state index >= 15 is 0 Å². The fourth-order valence-electron chi connectivity index (χ4n) is 1.16. The number of nitrogens with zero attached hydrogens (tertiary/aromatic N) is 1. The predicted molar refractivity (Wildman–Crippen MR) is 67.0 cm³/mol. The maximum absolute atomic E-state index is 11.3. The number of nitrogens with one attached hydrogen (secondary N) is 2. The van der Waals surface area contributed by atoms with Crippen molar-refractivity contribution in [3.05, 3.63) is 24.5 Å². The van der Waals surface area contributed by atoms with E-state index in [-0.39, 0.29) is 0 Å². The molecule has 17 heavy (non-hydrogen) atoms. The van der Waals surface area contributed by atoms with E-state index in [0.29, 0.717) is 13.1 Å². The van der Waals surface area contributed by atoms with Crippen LogP contribution in [0.4, 0.5) is 10.5 Å². The van der Waals surface area contributed by atoms with Crippen LogP contribution in [-0.4, -0.2) is 29.8 Å². The molecule has 0 unspecified atom stereocenters. The van der Waals surface area contributed by atoms with E-state index < -0.39 is 11.7 Å². The number of hydrogen-bond donors (Lipinski definition) is 2. The SMILES string of the molecule is CC(C)(C)OC(=O)NCCNc1ccncc1. The minimum atomic E-state index is -0.456. The third-order valence-corrected chi connectivity index (χ3v) is 1.80. The Balaban J connectivity index is 2.14. The van der Waals surface area contributed by atoms with Gasteiger partial charge in [-0.3, -0.25) is 4.98 Å². The molecule has 1 heterocycles. The molecule has 1 amide bonds. The van der Waals surface area contributed by atoms with Gasteiger partial charge in [-0.25, -0.2) is 4.79 Å². The molecule has 0 fully saturated rings. The average Bonchev–Trinajstić information content (AvgIpc) is 2.23. The molecule has 0 aliphatic rings. The molecule has 1 aromatic rings. The zero-order valence-corrected chi connectivity index (χ0v) is 10.5. The van der Waals surface area contributed by atoms with Crippen LogP contribution in [0.2, 0.25) is 0 Å². The van der Waals surface area contributed by atoms with E-state index in [2.05, 4.69) is 15.6 Å². The van der Waals surface area contributed by atoms with Crippen LogP contribution in [0.5, 0.6) is 0 Å². The molecule has 0 aliphatic carbocycles. The summed E-state index contributed by atoms with van der Waals surface area (Å²) in [4.78, 5) is 15.2. The number of ether oxygens (including phenoxy) is 1. The fourth-order valence-corrected chi connectivity index (χ4v) is 1.16. The Bertz CT molecular complexity index is 347. The average molecular weight is 237 g/mol. The van der Waals surface area contributed by atoms with Crippen molar-refractivity contribution in [2.45, 2.75) is 26.4 Å². The highest BCUT2D eigenvalue weighted by Gasteiger charge is 2.15. The van der Waals surface area contributed by atoms with E-state index in [0.717, 1.165) is 5.69 Å². The molecule has 0 atom stereocenters. The number of aromatic nitrogens is 1. The molecule has 5 heteroatoms. The molecule has 0 spiro atoms. The van der Waals surface area contributed by atoms with Gasteiger partial charge in [0.2, 0.25) is 0 Å². The number of anilines is 1. The third kappa shape index (κ3) is 6.40. The van der Waals surface area contributed by atoms with Gasteiger partial charge < -0.3 is 15.4 Å². The van der Waals surface area contributed by atoms with Crippen LogP contribution in [0.1, 0.15) is 20.8 Å². The van der Waals surface area contributed by atoms with Crippen LogP contribution in [0.25, 0.3) is 0 Å². The Hall–Kier alpha value is -1.78. The topological polar surface area (TPSA) is 63.2 Å². The van der Waals surface area contributed by atoms with Crippen molar-refractivity contribution in [3.63, 3.8) is 0 Å². The number of carbonyl (C=O) groups excluding carboxylic acids is 1.